The van der Waals surface area contributed by atoms with E-state index in [1.807, 2.05) is 13.0 Å². The van der Waals surface area contributed by atoms with Crippen molar-refractivity contribution in [2.75, 3.05) is 13.6 Å². The van der Waals surface area contributed by atoms with Gasteiger partial charge >= 0.3 is 0 Å². The molecule has 1 aliphatic heterocycles. The zero-order valence-corrected chi connectivity index (χ0v) is 15.9. The molecule has 6 heteroatoms. The highest BCUT2D eigenvalue weighted by atomic mass is 35.5. The number of hydrogen-bond acceptors (Lipinski definition) is 3. The van der Waals surface area contributed by atoms with E-state index in [9.17, 15) is 9.59 Å². The molecule has 0 atom stereocenters. The number of rotatable bonds is 5. The summed E-state index contributed by atoms with van der Waals surface area (Å²) in [6.45, 7) is 4.81. The van der Waals surface area contributed by atoms with Crippen LogP contribution in [0.2, 0.25) is 0 Å². The molecule has 26 heavy (non-hydrogen) atoms. The van der Waals surface area contributed by atoms with Gasteiger partial charge in [0.1, 0.15) is 0 Å². The predicted octanol–water partition coefficient (Wildman–Crippen LogP) is 2.73. The molecule has 0 radical (unpaired) electrons. The number of hydrogen-bond donors (Lipinski definition) is 2. The van der Waals surface area contributed by atoms with Crippen molar-refractivity contribution >= 4 is 24.2 Å². The van der Waals surface area contributed by atoms with Crippen LogP contribution < -0.4 is 10.6 Å². The molecule has 1 heterocycles. The molecule has 2 aromatic carbocycles. The van der Waals surface area contributed by atoms with Crippen molar-refractivity contribution in [3.05, 3.63) is 70.3 Å². The van der Waals surface area contributed by atoms with Gasteiger partial charge in [0.25, 0.3) is 11.8 Å². The van der Waals surface area contributed by atoms with Crippen LogP contribution in [0.25, 0.3) is 0 Å². The summed E-state index contributed by atoms with van der Waals surface area (Å²) >= 11 is 0. The Balaban J connectivity index is 0.00000243. The van der Waals surface area contributed by atoms with E-state index in [1.165, 1.54) is 11.1 Å². The van der Waals surface area contributed by atoms with Crippen LogP contribution in [-0.2, 0) is 19.6 Å². The first-order valence-electron chi connectivity index (χ1n) is 8.53. The van der Waals surface area contributed by atoms with Gasteiger partial charge in [0.2, 0.25) is 0 Å². The van der Waals surface area contributed by atoms with Gasteiger partial charge in [-0.1, -0.05) is 24.3 Å². The summed E-state index contributed by atoms with van der Waals surface area (Å²) in [5.41, 5.74) is 4.72. The van der Waals surface area contributed by atoms with Gasteiger partial charge in [-0.25, -0.2) is 0 Å². The van der Waals surface area contributed by atoms with E-state index >= 15 is 0 Å². The number of carbonyl (C=O) groups is 2. The molecular formula is C20H24ClN3O2. The van der Waals surface area contributed by atoms with Crippen molar-refractivity contribution in [2.45, 2.75) is 26.6 Å². The zero-order valence-electron chi connectivity index (χ0n) is 15.0. The second kappa shape index (κ2) is 8.83. The lowest BCUT2D eigenvalue weighted by molar-refractivity contribution is 0.0802. The van der Waals surface area contributed by atoms with Gasteiger partial charge in [0.05, 0.1) is 0 Å². The second-order valence-corrected chi connectivity index (χ2v) is 6.29. The number of fused-ring (bicyclic) bond motifs is 1. The molecule has 0 aromatic heterocycles. The molecule has 0 spiro atoms. The van der Waals surface area contributed by atoms with Crippen molar-refractivity contribution in [3.8, 4) is 0 Å². The maximum Gasteiger partial charge on any atom is 0.253 e. The fraction of sp³-hybridized carbons (Fsp3) is 0.300. The molecule has 5 nitrogen and oxygen atoms in total. The average Bonchev–Trinajstić information content (AvgIpc) is 3.12. The summed E-state index contributed by atoms with van der Waals surface area (Å²) in [6.07, 6.45) is 0. The third-order valence-corrected chi connectivity index (χ3v) is 4.55. The molecule has 0 aliphatic carbocycles. The molecule has 1 aliphatic rings. The van der Waals surface area contributed by atoms with E-state index in [0.717, 1.165) is 18.7 Å². The summed E-state index contributed by atoms with van der Waals surface area (Å²) in [7, 11) is 1.75. The molecule has 2 N–H and O–H groups in total. The third kappa shape index (κ3) is 4.42. The third-order valence-electron chi connectivity index (χ3n) is 4.55. The summed E-state index contributed by atoms with van der Waals surface area (Å²) in [5, 5.41) is 6.24. The van der Waals surface area contributed by atoms with Gasteiger partial charge < -0.3 is 15.5 Å². The highest BCUT2D eigenvalue weighted by Gasteiger charge is 2.14. The number of benzene rings is 2. The summed E-state index contributed by atoms with van der Waals surface area (Å²) in [5.74, 6) is -0.254. The van der Waals surface area contributed by atoms with Crippen molar-refractivity contribution in [2.24, 2.45) is 0 Å². The van der Waals surface area contributed by atoms with Crippen LogP contribution in [0.1, 0.15) is 44.3 Å². The summed E-state index contributed by atoms with van der Waals surface area (Å²) < 4.78 is 0. The first kappa shape index (κ1) is 19.9. The Morgan fingerprint density at radius 2 is 1.81 bits per heavy atom. The molecule has 0 bridgehead atoms. The highest BCUT2D eigenvalue weighted by Crippen LogP contribution is 2.17. The number of amides is 2. The Labute approximate surface area is 160 Å². The average molecular weight is 374 g/mol. The Hall–Kier alpha value is -2.37. The topological polar surface area (TPSA) is 61.4 Å². The smallest absolute Gasteiger partial charge is 0.253 e. The largest absolute Gasteiger partial charge is 0.348 e. The van der Waals surface area contributed by atoms with E-state index in [2.05, 4.69) is 22.8 Å². The SMILES string of the molecule is CCN(C)C(=O)c1cccc(C(=O)NCc2ccc3c(c2)CNC3)c1.Cl. The highest BCUT2D eigenvalue weighted by molar-refractivity contribution is 5.99. The lowest BCUT2D eigenvalue weighted by atomic mass is 10.1. The Bertz CT molecular complexity index is 807. The second-order valence-electron chi connectivity index (χ2n) is 6.29. The van der Waals surface area contributed by atoms with E-state index in [-0.39, 0.29) is 24.2 Å². The Kier molecular flexibility index (Phi) is 6.77. The summed E-state index contributed by atoms with van der Waals surface area (Å²) in [4.78, 5) is 26.3. The van der Waals surface area contributed by atoms with Crippen LogP contribution in [0.15, 0.2) is 42.5 Å². The van der Waals surface area contributed by atoms with Gasteiger partial charge in [0.15, 0.2) is 0 Å². The van der Waals surface area contributed by atoms with Crippen molar-refractivity contribution in [1.29, 1.82) is 0 Å². The van der Waals surface area contributed by atoms with Crippen molar-refractivity contribution < 1.29 is 9.59 Å². The Morgan fingerprint density at radius 1 is 1.08 bits per heavy atom. The minimum atomic E-state index is -0.174. The molecule has 0 fully saturated rings. The van der Waals surface area contributed by atoms with Gasteiger partial charge in [0, 0.05) is 44.4 Å². The predicted molar refractivity (Wildman–Crippen MR) is 104 cm³/mol. The summed E-state index contributed by atoms with van der Waals surface area (Å²) in [6, 6.07) is 13.1. The van der Waals surface area contributed by atoms with Gasteiger partial charge in [-0.05, 0) is 41.8 Å². The van der Waals surface area contributed by atoms with E-state index in [4.69, 9.17) is 0 Å². The van der Waals surface area contributed by atoms with E-state index in [0.29, 0.717) is 24.2 Å². The zero-order chi connectivity index (χ0) is 17.8. The van der Waals surface area contributed by atoms with Crippen LogP contribution in [0, 0.1) is 0 Å². The maximum absolute atomic E-state index is 12.4. The monoisotopic (exact) mass is 373 g/mol. The number of halogens is 1. The first-order valence-corrected chi connectivity index (χ1v) is 8.53. The molecule has 0 saturated heterocycles. The number of nitrogens with one attached hydrogen (secondary N) is 2. The molecular weight excluding hydrogens is 350 g/mol. The van der Waals surface area contributed by atoms with Crippen LogP contribution in [-0.4, -0.2) is 30.3 Å². The molecule has 3 rings (SSSR count). The molecule has 2 aromatic rings. The number of nitrogens with zero attached hydrogens (tertiary/aromatic N) is 1. The van der Waals surface area contributed by atoms with Crippen LogP contribution >= 0.6 is 12.4 Å². The molecule has 0 unspecified atom stereocenters. The lowest BCUT2D eigenvalue weighted by Gasteiger charge is -2.15. The van der Waals surface area contributed by atoms with Gasteiger partial charge in [-0.2, -0.15) is 0 Å². The quantitative estimate of drug-likeness (QED) is 0.847. The minimum Gasteiger partial charge on any atom is -0.348 e. The first-order chi connectivity index (χ1) is 12.1. The van der Waals surface area contributed by atoms with Crippen LogP contribution in [0.5, 0.6) is 0 Å². The van der Waals surface area contributed by atoms with Gasteiger partial charge in [-0.15, -0.1) is 12.4 Å². The van der Waals surface area contributed by atoms with E-state index < -0.39 is 0 Å². The minimum absolute atomic E-state index is 0. The standard InChI is InChI=1S/C20H23N3O2.ClH/c1-3-23(2)20(25)16-6-4-5-15(10-16)19(24)22-11-14-7-8-17-12-21-13-18(17)9-14;/h4-10,21H,3,11-13H2,1-2H3,(H,22,24);1H. The number of carbonyl (C=O) groups excluding carboxylic acids is 2. The lowest BCUT2D eigenvalue weighted by Crippen LogP contribution is -2.27. The fourth-order valence-corrected chi connectivity index (χ4v) is 2.90. The maximum atomic E-state index is 12.4. The van der Waals surface area contributed by atoms with Crippen LogP contribution in [0.4, 0.5) is 0 Å². The Morgan fingerprint density at radius 3 is 2.58 bits per heavy atom. The van der Waals surface area contributed by atoms with Crippen molar-refractivity contribution in [3.63, 3.8) is 0 Å². The molecule has 2 amide bonds. The van der Waals surface area contributed by atoms with Crippen LogP contribution in [0.3, 0.4) is 0 Å². The normalized spacial score (nSPS) is 12.1. The molecule has 0 saturated carbocycles. The fourth-order valence-electron chi connectivity index (χ4n) is 2.90. The molecule has 138 valence electrons. The van der Waals surface area contributed by atoms with E-state index in [1.54, 1.807) is 36.2 Å². The van der Waals surface area contributed by atoms with Gasteiger partial charge in [-0.3, -0.25) is 9.59 Å². The van der Waals surface area contributed by atoms with Crippen molar-refractivity contribution in [1.82, 2.24) is 15.5 Å².